The van der Waals surface area contributed by atoms with E-state index in [1.807, 2.05) is 6.07 Å². The van der Waals surface area contributed by atoms with E-state index in [4.69, 9.17) is 5.11 Å². The number of hydrogen-bond donors (Lipinski definition) is 1. The molecule has 0 saturated heterocycles. The Morgan fingerprint density at radius 1 is 1.43 bits per heavy atom. The monoisotopic (exact) mass is 303 g/mol. The van der Waals surface area contributed by atoms with Crippen molar-refractivity contribution in [1.29, 1.82) is 0 Å². The van der Waals surface area contributed by atoms with Crippen molar-refractivity contribution in [2.24, 2.45) is 0 Å². The van der Waals surface area contributed by atoms with Gasteiger partial charge < -0.3 is 9.67 Å². The molecule has 110 valence electrons. The molecule has 1 fully saturated rings. The van der Waals surface area contributed by atoms with Crippen LogP contribution < -0.4 is 0 Å². The third-order valence-electron chi connectivity index (χ3n) is 3.42. The van der Waals surface area contributed by atoms with E-state index in [1.165, 1.54) is 22.9 Å². The van der Waals surface area contributed by atoms with Gasteiger partial charge in [-0.2, -0.15) is 0 Å². The minimum Gasteiger partial charge on any atom is -0.481 e. The van der Waals surface area contributed by atoms with E-state index in [0.717, 1.165) is 30.2 Å². The van der Waals surface area contributed by atoms with Gasteiger partial charge in [0.05, 0.1) is 5.75 Å². The average molecular weight is 303 g/mol. The summed E-state index contributed by atoms with van der Waals surface area (Å²) in [6.07, 6.45) is 2.98. The Balaban J connectivity index is 1.83. The number of aryl methyl sites for hydroxylation is 1. The number of carbonyl (C=O) groups is 1. The van der Waals surface area contributed by atoms with E-state index in [2.05, 4.69) is 39.9 Å². The van der Waals surface area contributed by atoms with Crippen LogP contribution in [0.3, 0.4) is 0 Å². The molecule has 1 aromatic heterocycles. The van der Waals surface area contributed by atoms with Gasteiger partial charge in [0, 0.05) is 12.5 Å². The summed E-state index contributed by atoms with van der Waals surface area (Å²) in [7, 11) is 0. The first-order valence-electron chi connectivity index (χ1n) is 6.97. The minimum absolute atomic E-state index is 0.0231. The first kappa shape index (κ1) is 14.1. The number of aromatic nitrogens is 3. The van der Waals surface area contributed by atoms with E-state index in [9.17, 15) is 4.79 Å². The summed E-state index contributed by atoms with van der Waals surface area (Å²) < 4.78 is 2.12. The molecule has 0 unspecified atom stereocenters. The molecule has 1 heterocycles. The summed E-state index contributed by atoms with van der Waals surface area (Å²) in [5.74, 6) is 0.122. The summed E-state index contributed by atoms with van der Waals surface area (Å²) in [4.78, 5) is 10.7. The van der Waals surface area contributed by atoms with Gasteiger partial charge in [-0.15, -0.1) is 10.2 Å². The van der Waals surface area contributed by atoms with E-state index in [-0.39, 0.29) is 5.75 Å². The topological polar surface area (TPSA) is 68.0 Å². The van der Waals surface area contributed by atoms with Crippen LogP contribution in [0, 0.1) is 6.92 Å². The van der Waals surface area contributed by atoms with Crippen molar-refractivity contribution in [3.63, 3.8) is 0 Å². The van der Waals surface area contributed by atoms with Crippen LogP contribution in [-0.2, 0) is 11.2 Å². The van der Waals surface area contributed by atoms with Gasteiger partial charge in [-0.1, -0.05) is 41.6 Å². The molecular weight excluding hydrogens is 286 g/mol. The van der Waals surface area contributed by atoms with Crippen LogP contribution in [0.15, 0.2) is 29.4 Å². The van der Waals surface area contributed by atoms with Crippen molar-refractivity contribution in [3.8, 4) is 0 Å². The normalized spacial score (nSPS) is 14.3. The molecule has 6 heteroatoms. The average Bonchev–Trinajstić information content (AvgIpc) is 3.19. The number of benzene rings is 1. The number of nitrogens with zero attached hydrogens (tertiary/aromatic N) is 3. The van der Waals surface area contributed by atoms with Gasteiger partial charge in [-0.05, 0) is 25.3 Å². The van der Waals surface area contributed by atoms with E-state index in [1.54, 1.807) is 0 Å². The standard InChI is InChI=1S/C15H17N3O2S/c1-10-3-2-4-11(7-10)8-13-16-17-15(21-9-14(19)20)18(13)12-5-6-12/h2-4,7,12H,5-6,8-9H2,1H3,(H,19,20). The zero-order valence-corrected chi connectivity index (χ0v) is 12.6. The Hall–Kier alpha value is -1.82. The molecule has 1 aromatic carbocycles. The molecule has 0 radical (unpaired) electrons. The molecule has 0 atom stereocenters. The fraction of sp³-hybridized carbons (Fsp3) is 0.400. The van der Waals surface area contributed by atoms with Crippen molar-refractivity contribution in [1.82, 2.24) is 14.8 Å². The maximum absolute atomic E-state index is 10.7. The van der Waals surface area contributed by atoms with Crippen LogP contribution in [0.4, 0.5) is 0 Å². The summed E-state index contributed by atoms with van der Waals surface area (Å²) in [5.41, 5.74) is 2.43. The van der Waals surface area contributed by atoms with E-state index in [0.29, 0.717) is 6.04 Å². The van der Waals surface area contributed by atoms with Gasteiger partial charge >= 0.3 is 5.97 Å². The molecule has 1 N–H and O–H groups in total. The molecule has 21 heavy (non-hydrogen) atoms. The lowest BCUT2D eigenvalue weighted by molar-refractivity contribution is -0.133. The molecule has 5 nitrogen and oxygen atoms in total. The predicted molar refractivity (Wildman–Crippen MR) is 80.6 cm³/mol. The first-order valence-corrected chi connectivity index (χ1v) is 7.96. The lowest BCUT2D eigenvalue weighted by Gasteiger charge is -2.08. The molecule has 0 amide bonds. The van der Waals surface area contributed by atoms with Gasteiger partial charge in [-0.3, -0.25) is 4.79 Å². The van der Waals surface area contributed by atoms with Crippen LogP contribution in [0.1, 0.15) is 35.8 Å². The smallest absolute Gasteiger partial charge is 0.313 e. The zero-order valence-electron chi connectivity index (χ0n) is 11.8. The number of hydrogen-bond acceptors (Lipinski definition) is 4. The number of aliphatic carboxylic acids is 1. The van der Waals surface area contributed by atoms with Crippen molar-refractivity contribution >= 4 is 17.7 Å². The molecule has 2 aromatic rings. The SMILES string of the molecule is Cc1cccc(Cc2nnc(SCC(=O)O)n2C2CC2)c1. The predicted octanol–water partition coefficient (Wildman–Crippen LogP) is 2.69. The molecule has 0 aliphatic heterocycles. The van der Waals surface area contributed by atoms with Crippen LogP contribution in [0.5, 0.6) is 0 Å². The summed E-state index contributed by atoms with van der Waals surface area (Å²) in [6.45, 7) is 2.07. The highest BCUT2D eigenvalue weighted by Gasteiger charge is 2.29. The fourth-order valence-corrected chi connectivity index (χ4v) is 3.10. The maximum Gasteiger partial charge on any atom is 0.313 e. The number of carboxylic acids is 1. The van der Waals surface area contributed by atoms with Crippen molar-refractivity contribution in [2.75, 3.05) is 5.75 Å². The highest BCUT2D eigenvalue weighted by atomic mass is 32.2. The maximum atomic E-state index is 10.7. The Morgan fingerprint density at radius 3 is 2.90 bits per heavy atom. The number of carboxylic acid groups (broad SMARTS) is 1. The molecule has 1 saturated carbocycles. The molecule has 0 bridgehead atoms. The first-order chi connectivity index (χ1) is 10.1. The summed E-state index contributed by atoms with van der Waals surface area (Å²) >= 11 is 1.25. The Morgan fingerprint density at radius 2 is 2.24 bits per heavy atom. The largest absolute Gasteiger partial charge is 0.481 e. The molecule has 1 aliphatic carbocycles. The molecular formula is C15H17N3O2S. The second kappa shape index (κ2) is 5.89. The lowest BCUT2D eigenvalue weighted by Crippen LogP contribution is -2.06. The van der Waals surface area contributed by atoms with Gasteiger partial charge in [0.1, 0.15) is 5.82 Å². The van der Waals surface area contributed by atoms with E-state index < -0.39 is 5.97 Å². The summed E-state index contributed by atoms with van der Waals surface area (Å²) in [6, 6.07) is 8.79. The highest BCUT2D eigenvalue weighted by Crippen LogP contribution is 2.39. The Kier molecular flexibility index (Phi) is 3.96. The second-order valence-electron chi connectivity index (χ2n) is 5.35. The van der Waals surface area contributed by atoms with Crippen LogP contribution in [0.25, 0.3) is 0 Å². The third-order valence-corrected chi connectivity index (χ3v) is 4.34. The van der Waals surface area contributed by atoms with Gasteiger partial charge in [0.2, 0.25) is 0 Å². The molecule has 3 rings (SSSR count). The Bertz CT molecular complexity index is 665. The van der Waals surface area contributed by atoms with Crippen molar-refractivity contribution in [2.45, 2.75) is 37.4 Å². The van der Waals surface area contributed by atoms with Gasteiger partial charge in [0.15, 0.2) is 5.16 Å². The van der Waals surface area contributed by atoms with Crippen LogP contribution >= 0.6 is 11.8 Å². The minimum atomic E-state index is -0.828. The number of rotatable bonds is 6. The zero-order chi connectivity index (χ0) is 14.8. The van der Waals surface area contributed by atoms with Crippen LogP contribution in [-0.4, -0.2) is 31.6 Å². The Labute approximate surface area is 127 Å². The highest BCUT2D eigenvalue weighted by molar-refractivity contribution is 7.99. The van der Waals surface area contributed by atoms with Gasteiger partial charge in [0.25, 0.3) is 0 Å². The van der Waals surface area contributed by atoms with Gasteiger partial charge in [-0.25, -0.2) is 0 Å². The molecule has 0 spiro atoms. The quantitative estimate of drug-likeness (QED) is 0.831. The summed E-state index contributed by atoms with van der Waals surface area (Å²) in [5, 5.41) is 18.0. The van der Waals surface area contributed by atoms with E-state index >= 15 is 0 Å². The second-order valence-corrected chi connectivity index (χ2v) is 6.29. The lowest BCUT2D eigenvalue weighted by atomic mass is 10.1. The third kappa shape index (κ3) is 3.44. The molecule has 1 aliphatic rings. The van der Waals surface area contributed by atoms with Crippen molar-refractivity contribution < 1.29 is 9.90 Å². The number of thioether (sulfide) groups is 1. The van der Waals surface area contributed by atoms with Crippen molar-refractivity contribution in [3.05, 3.63) is 41.2 Å². The van der Waals surface area contributed by atoms with Crippen LogP contribution in [0.2, 0.25) is 0 Å². The fourth-order valence-electron chi connectivity index (χ4n) is 2.36.